The SMILES string of the molecule is CC(C)CCC(O)[C@@]1(O)C(O)=C(C(=O)C(C)C)C(=O)[C@H]1CCC(C)C. The molecule has 5 heteroatoms. The first kappa shape index (κ1) is 21.8. The van der Waals surface area contributed by atoms with Gasteiger partial charge in [-0.1, -0.05) is 48.0 Å². The topological polar surface area (TPSA) is 94.8 Å². The van der Waals surface area contributed by atoms with Crippen LogP contribution in [0.15, 0.2) is 11.3 Å². The van der Waals surface area contributed by atoms with Crippen LogP contribution in [0.3, 0.4) is 0 Å². The van der Waals surface area contributed by atoms with Gasteiger partial charge in [-0.05, 0) is 31.1 Å². The molecule has 0 aromatic rings. The molecule has 0 heterocycles. The molecule has 5 nitrogen and oxygen atoms in total. The van der Waals surface area contributed by atoms with Crippen molar-refractivity contribution in [2.75, 3.05) is 0 Å². The second kappa shape index (κ2) is 8.45. The molecule has 0 aromatic heterocycles. The van der Waals surface area contributed by atoms with Crippen molar-refractivity contribution in [2.24, 2.45) is 23.7 Å². The largest absolute Gasteiger partial charge is 0.508 e. The first-order chi connectivity index (χ1) is 11.4. The van der Waals surface area contributed by atoms with E-state index in [2.05, 4.69) is 0 Å². The van der Waals surface area contributed by atoms with Crippen molar-refractivity contribution in [3.8, 4) is 0 Å². The van der Waals surface area contributed by atoms with Gasteiger partial charge < -0.3 is 15.3 Å². The number of allylic oxidation sites excluding steroid dienone is 1. The smallest absolute Gasteiger partial charge is 0.176 e. The Morgan fingerprint density at radius 2 is 1.56 bits per heavy atom. The Bertz CT molecular complexity index is 532. The number of carbonyl (C=O) groups is 2. The Hall–Kier alpha value is -1.20. The van der Waals surface area contributed by atoms with Gasteiger partial charge in [-0.3, -0.25) is 9.59 Å². The van der Waals surface area contributed by atoms with E-state index in [1.165, 1.54) is 0 Å². The molecule has 0 aromatic carbocycles. The van der Waals surface area contributed by atoms with E-state index < -0.39 is 40.9 Å². The van der Waals surface area contributed by atoms with Gasteiger partial charge in [0.15, 0.2) is 17.2 Å². The fourth-order valence-corrected chi connectivity index (χ4v) is 3.34. The van der Waals surface area contributed by atoms with Crippen molar-refractivity contribution < 1.29 is 24.9 Å². The highest BCUT2D eigenvalue weighted by atomic mass is 16.4. The molecule has 0 saturated carbocycles. The van der Waals surface area contributed by atoms with E-state index in [9.17, 15) is 24.9 Å². The van der Waals surface area contributed by atoms with Crippen molar-refractivity contribution in [1.29, 1.82) is 0 Å². The third kappa shape index (κ3) is 4.50. The summed E-state index contributed by atoms with van der Waals surface area (Å²) < 4.78 is 0. The summed E-state index contributed by atoms with van der Waals surface area (Å²) in [5, 5.41) is 32.4. The number of aliphatic hydroxyl groups excluding tert-OH is 2. The predicted molar refractivity (Wildman–Crippen MR) is 97.1 cm³/mol. The van der Waals surface area contributed by atoms with Gasteiger partial charge >= 0.3 is 0 Å². The summed E-state index contributed by atoms with van der Waals surface area (Å²) in [6.07, 6.45) is 0.604. The zero-order valence-corrected chi connectivity index (χ0v) is 16.4. The third-order valence-corrected chi connectivity index (χ3v) is 5.04. The number of ketones is 2. The molecule has 144 valence electrons. The van der Waals surface area contributed by atoms with Gasteiger partial charge in [0, 0.05) is 5.92 Å². The molecule has 1 unspecified atom stereocenters. The average molecular weight is 354 g/mol. The van der Waals surface area contributed by atoms with Crippen molar-refractivity contribution in [1.82, 2.24) is 0 Å². The fourth-order valence-electron chi connectivity index (χ4n) is 3.34. The van der Waals surface area contributed by atoms with Crippen LogP contribution in [-0.2, 0) is 9.59 Å². The van der Waals surface area contributed by atoms with Crippen molar-refractivity contribution >= 4 is 11.6 Å². The van der Waals surface area contributed by atoms with Crippen LogP contribution in [0.25, 0.3) is 0 Å². The van der Waals surface area contributed by atoms with Gasteiger partial charge in [-0.25, -0.2) is 0 Å². The molecule has 0 spiro atoms. The summed E-state index contributed by atoms with van der Waals surface area (Å²) in [6.45, 7) is 11.3. The maximum absolute atomic E-state index is 12.8. The minimum absolute atomic E-state index is 0.257. The molecule has 0 amide bonds. The van der Waals surface area contributed by atoms with E-state index in [1.807, 2.05) is 27.7 Å². The maximum Gasteiger partial charge on any atom is 0.176 e. The summed E-state index contributed by atoms with van der Waals surface area (Å²) in [4.78, 5) is 25.2. The Morgan fingerprint density at radius 3 is 2.00 bits per heavy atom. The van der Waals surface area contributed by atoms with E-state index in [0.717, 1.165) is 0 Å². The third-order valence-electron chi connectivity index (χ3n) is 5.04. The van der Waals surface area contributed by atoms with E-state index in [1.54, 1.807) is 13.8 Å². The first-order valence-electron chi connectivity index (χ1n) is 9.37. The second-order valence-corrected chi connectivity index (χ2v) is 8.44. The van der Waals surface area contributed by atoms with Crippen LogP contribution in [0.2, 0.25) is 0 Å². The molecule has 25 heavy (non-hydrogen) atoms. The van der Waals surface area contributed by atoms with Crippen LogP contribution < -0.4 is 0 Å². The summed E-state index contributed by atoms with van der Waals surface area (Å²) in [6, 6.07) is 0. The molecular formula is C20H34O5. The van der Waals surface area contributed by atoms with Crippen LogP contribution in [0.1, 0.15) is 67.2 Å². The Morgan fingerprint density at radius 1 is 1.04 bits per heavy atom. The molecule has 3 atom stereocenters. The van der Waals surface area contributed by atoms with Crippen LogP contribution in [0.4, 0.5) is 0 Å². The Labute approximate surface area is 151 Å². The van der Waals surface area contributed by atoms with Gasteiger partial charge in [0.2, 0.25) is 0 Å². The number of aliphatic hydroxyl groups is 3. The monoisotopic (exact) mass is 354 g/mol. The number of Topliss-reactive ketones (excluding diaryl/α,β-unsaturated/α-hetero) is 2. The molecule has 0 bridgehead atoms. The van der Waals surface area contributed by atoms with E-state index in [-0.39, 0.29) is 12.0 Å². The Kier molecular flexibility index (Phi) is 7.39. The summed E-state index contributed by atoms with van der Waals surface area (Å²) in [5.74, 6) is -2.49. The Balaban J connectivity index is 3.27. The molecule has 0 radical (unpaired) electrons. The summed E-state index contributed by atoms with van der Waals surface area (Å²) >= 11 is 0. The van der Waals surface area contributed by atoms with Gasteiger partial charge in [0.1, 0.15) is 11.3 Å². The number of carbonyl (C=O) groups excluding carboxylic acids is 2. The molecule has 0 fully saturated rings. The van der Waals surface area contributed by atoms with Crippen LogP contribution >= 0.6 is 0 Å². The normalized spacial score (nSPS) is 25.6. The zero-order chi connectivity index (χ0) is 19.5. The summed E-state index contributed by atoms with van der Waals surface area (Å²) in [5.41, 5.74) is -2.39. The molecule has 0 aliphatic heterocycles. The second-order valence-electron chi connectivity index (χ2n) is 8.44. The molecular weight excluding hydrogens is 320 g/mol. The van der Waals surface area contributed by atoms with Gasteiger partial charge in [0.25, 0.3) is 0 Å². The molecule has 1 rings (SSSR count). The highest BCUT2D eigenvalue weighted by Gasteiger charge is 2.58. The van der Waals surface area contributed by atoms with Crippen LogP contribution in [-0.4, -0.2) is 38.6 Å². The standard InChI is InChI=1S/C20H34O5/c1-11(2)7-9-14-18(23)16(17(22)13(5)6)19(24)20(14,25)15(21)10-8-12(3)4/h11-15,21,24-25H,7-10H2,1-6H3/t14-,15?,20-/m1/s1. The number of hydrogen-bond donors (Lipinski definition) is 3. The fraction of sp³-hybridized carbons (Fsp3) is 0.800. The lowest BCUT2D eigenvalue weighted by Gasteiger charge is -2.34. The van der Waals surface area contributed by atoms with E-state index in [4.69, 9.17) is 0 Å². The van der Waals surface area contributed by atoms with E-state index in [0.29, 0.717) is 31.1 Å². The van der Waals surface area contributed by atoms with Gasteiger partial charge in [-0.2, -0.15) is 0 Å². The van der Waals surface area contributed by atoms with Crippen LogP contribution in [0.5, 0.6) is 0 Å². The maximum atomic E-state index is 12.8. The minimum Gasteiger partial charge on any atom is -0.508 e. The molecule has 1 aliphatic carbocycles. The van der Waals surface area contributed by atoms with Crippen LogP contribution in [0, 0.1) is 23.7 Å². The van der Waals surface area contributed by atoms with E-state index >= 15 is 0 Å². The average Bonchev–Trinajstić information content (AvgIpc) is 2.69. The van der Waals surface area contributed by atoms with Crippen molar-refractivity contribution in [3.05, 3.63) is 11.3 Å². The lowest BCUT2D eigenvalue weighted by atomic mass is 9.78. The lowest BCUT2D eigenvalue weighted by molar-refractivity contribution is -0.137. The predicted octanol–water partition coefficient (Wildman–Crippen LogP) is 3.19. The summed E-state index contributed by atoms with van der Waals surface area (Å²) in [7, 11) is 0. The minimum atomic E-state index is -2.07. The number of rotatable bonds is 9. The van der Waals surface area contributed by atoms with Crippen molar-refractivity contribution in [3.63, 3.8) is 0 Å². The number of hydrogen-bond acceptors (Lipinski definition) is 5. The highest BCUT2D eigenvalue weighted by molar-refractivity contribution is 6.24. The van der Waals surface area contributed by atoms with Crippen molar-refractivity contribution in [2.45, 2.75) is 78.9 Å². The van der Waals surface area contributed by atoms with Gasteiger partial charge in [-0.15, -0.1) is 0 Å². The first-order valence-corrected chi connectivity index (χ1v) is 9.37. The lowest BCUT2D eigenvalue weighted by Crippen LogP contribution is -2.49. The highest BCUT2D eigenvalue weighted by Crippen LogP contribution is 2.44. The van der Waals surface area contributed by atoms with Gasteiger partial charge in [0.05, 0.1) is 12.0 Å². The molecule has 3 N–H and O–H groups in total. The zero-order valence-electron chi connectivity index (χ0n) is 16.4. The molecule has 0 saturated heterocycles. The quantitative estimate of drug-likeness (QED) is 0.553. The molecule has 1 aliphatic rings.